The molecule has 0 aliphatic carbocycles. The Balaban J connectivity index is 1.81. The third-order valence-corrected chi connectivity index (χ3v) is 5.18. The van der Waals surface area contributed by atoms with Crippen LogP contribution in [0.5, 0.6) is 0 Å². The first kappa shape index (κ1) is 10.8. The van der Waals surface area contributed by atoms with Crippen LogP contribution >= 0.6 is 11.3 Å². The molecule has 0 spiro atoms. The number of nitrogens with zero attached hydrogens (tertiary/aromatic N) is 2. The molecule has 0 radical (unpaired) electrons. The first-order valence-corrected chi connectivity index (χ1v) is 7.34. The van der Waals surface area contributed by atoms with Crippen LogP contribution in [0.1, 0.15) is 5.56 Å². The van der Waals surface area contributed by atoms with E-state index < -0.39 is 0 Å². The molecule has 4 rings (SSSR count). The molecule has 1 fully saturated rings. The normalized spacial score (nSPS) is 23.4. The lowest BCUT2D eigenvalue weighted by Gasteiger charge is -2.44. The lowest BCUT2D eigenvalue weighted by molar-refractivity contribution is 0.0880. The van der Waals surface area contributed by atoms with E-state index >= 15 is 0 Å². The van der Waals surface area contributed by atoms with Crippen LogP contribution in [0.15, 0.2) is 23.6 Å². The summed E-state index contributed by atoms with van der Waals surface area (Å²) in [4.78, 5) is 4.67. The molecular weight excluding hydrogens is 244 g/mol. The Morgan fingerprint density at radius 2 is 2.28 bits per heavy atom. The number of rotatable bonds is 1. The second-order valence-corrected chi connectivity index (χ2v) is 6.09. The minimum atomic E-state index is 0.186. The maximum absolute atomic E-state index is 9.30. The van der Waals surface area contributed by atoms with E-state index in [1.165, 1.54) is 21.3 Å². The highest BCUT2D eigenvalue weighted by atomic mass is 32.1. The van der Waals surface area contributed by atoms with Crippen LogP contribution in [-0.2, 0) is 6.42 Å². The lowest BCUT2D eigenvalue weighted by Crippen LogP contribution is -2.55. The summed E-state index contributed by atoms with van der Waals surface area (Å²) in [6, 6.07) is 7.16. The fourth-order valence-corrected chi connectivity index (χ4v) is 4.31. The van der Waals surface area contributed by atoms with Crippen LogP contribution in [0.2, 0.25) is 0 Å². The number of hydrogen-bond acceptors (Lipinski definition) is 4. The van der Waals surface area contributed by atoms with Gasteiger partial charge in [0.15, 0.2) is 0 Å². The van der Waals surface area contributed by atoms with Crippen molar-refractivity contribution >= 4 is 27.1 Å². The van der Waals surface area contributed by atoms with Gasteiger partial charge in [-0.1, -0.05) is 6.07 Å². The number of thiophene rings is 1. The van der Waals surface area contributed by atoms with E-state index in [1.807, 2.05) is 11.3 Å². The van der Waals surface area contributed by atoms with E-state index in [-0.39, 0.29) is 6.73 Å². The van der Waals surface area contributed by atoms with Crippen molar-refractivity contribution in [3.05, 3.63) is 29.1 Å². The molecule has 2 aromatic rings. The molecule has 2 aliphatic rings. The first-order chi connectivity index (χ1) is 8.86. The summed E-state index contributed by atoms with van der Waals surface area (Å²) in [5.74, 6) is 0. The van der Waals surface area contributed by atoms with Gasteiger partial charge in [-0.15, -0.1) is 11.3 Å². The third kappa shape index (κ3) is 1.43. The summed E-state index contributed by atoms with van der Waals surface area (Å²) in [6.45, 7) is 3.15. The molecule has 1 aromatic heterocycles. The van der Waals surface area contributed by atoms with Crippen molar-refractivity contribution in [1.29, 1.82) is 0 Å². The van der Waals surface area contributed by atoms with Gasteiger partial charge in [0, 0.05) is 41.4 Å². The second kappa shape index (κ2) is 3.95. The molecular formula is C14H16N2OS. The van der Waals surface area contributed by atoms with Gasteiger partial charge in [0.05, 0.1) is 6.73 Å². The van der Waals surface area contributed by atoms with E-state index in [2.05, 4.69) is 33.4 Å². The van der Waals surface area contributed by atoms with Crippen molar-refractivity contribution in [3.8, 4) is 0 Å². The summed E-state index contributed by atoms with van der Waals surface area (Å²) in [5, 5.41) is 13.1. The maximum Gasteiger partial charge on any atom is 0.0957 e. The van der Waals surface area contributed by atoms with Crippen molar-refractivity contribution < 1.29 is 5.11 Å². The molecule has 0 saturated carbocycles. The molecule has 4 heteroatoms. The van der Waals surface area contributed by atoms with Gasteiger partial charge in [-0.25, -0.2) is 0 Å². The van der Waals surface area contributed by atoms with Crippen LogP contribution in [0, 0.1) is 0 Å². The topological polar surface area (TPSA) is 26.7 Å². The average molecular weight is 260 g/mol. The van der Waals surface area contributed by atoms with E-state index in [4.69, 9.17) is 0 Å². The highest BCUT2D eigenvalue weighted by Crippen LogP contribution is 2.40. The molecule has 1 aromatic carbocycles. The summed E-state index contributed by atoms with van der Waals surface area (Å²) in [7, 11) is 0. The predicted molar refractivity (Wildman–Crippen MR) is 75.3 cm³/mol. The molecule has 94 valence electrons. The molecule has 1 saturated heterocycles. The molecule has 18 heavy (non-hydrogen) atoms. The molecule has 3 heterocycles. The average Bonchev–Trinajstić information content (AvgIpc) is 2.83. The van der Waals surface area contributed by atoms with Crippen LogP contribution < -0.4 is 4.90 Å². The Hall–Kier alpha value is -1.10. The smallest absolute Gasteiger partial charge is 0.0957 e. The standard InChI is InChI=1S/C14H16N2OS/c17-9-15-4-5-16-11(7-15)6-10-8-18-13-3-1-2-12(16)14(10)13/h1-3,8,11,17H,4-7,9H2. The summed E-state index contributed by atoms with van der Waals surface area (Å²) in [6.07, 6.45) is 1.12. The minimum absolute atomic E-state index is 0.186. The monoisotopic (exact) mass is 260 g/mol. The zero-order valence-electron chi connectivity index (χ0n) is 10.2. The zero-order valence-corrected chi connectivity index (χ0v) is 11.0. The van der Waals surface area contributed by atoms with Gasteiger partial charge in [-0.05, 0) is 29.5 Å². The second-order valence-electron chi connectivity index (χ2n) is 5.18. The lowest BCUT2D eigenvalue weighted by atomic mass is 9.94. The zero-order chi connectivity index (χ0) is 12.1. The number of aliphatic hydroxyl groups excluding tert-OH is 1. The Morgan fingerprint density at radius 1 is 1.33 bits per heavy atom. The van der Waals surface area contributed by atoms with E-state index in [0.29, 0.717) is 6.04 Å². The van der Waals surface area contributed by atoms with Crippen molar-refractivity contribution in [3.63, 3.8) is 0 Å². The van der Waals surface area contributed by atoms with Gasteiger partial charge >= 0.3 is 0 Å². The van der Waals surface area contributed by atoms with E-state index in [1.54, 1.807) is 0 Å². The minimum Gasteiger partial charge on any atom is -0.381 e. The van der Waals surface area contributed by atoms with E-state index in [9.17, 15) is 5.11 Å². The van der Waals surface area contributed by atoms with E-state index in [0.717, 1.165) is 26.1 Å². The van der Waals surface area contributed by atoms with Crippen LogP contribution in [0.3, 0.4) is 0 Å². The van der Waals surface area contributed by atoms with Crippen molar-refractivity contribution in [2.24, 2.45) is 0 Å². The molecule has 3 nitrogen and oxygen atoms in total. The SMILES string of the molecule is OCN1CCN2c3cccc4scc(c34)CC2C1. The number of aliphatic hydroxyl groups is 1. The predicted octanol–water partition coefficient (Wildman–Crippen LogP) is 1.90. The highest BCUT2D eigenvalue weighted by molar-refractivity contribution is 7.17. The molecule has 1 N–H and O–H groups in total. The largest absolute Gasteiger partial charge is 0.381 e. The highest BCUT2D eigenvalue weighted by Gasteiger charge is 2.32. The van der Waals surface area contributed by atoms with Gasteiger partial charge in [-0.3, -0.25) is 4.90 Å². The Bertz CT molecular complexity index is 594. The Morgan fingerprint density at radius 3 is 3.17 bits per heavy atom. The molecule has 1 atom stereocenters. The van der Waals surface area contributed by atoms with Crippen LogP contribution in [0.25, 0.3) is 10.1 Å². The van der Waals surface area contributed by atoms with Gasteiger partial charge in [0.25, 0.3) is 0 Å². The molecule has 0 amide bonds. The number of piperazine rings is 1. The van der Waals surface area contributed by atoms with Gasteiger partial charge in [-0.2, -0.15) is 0 Å². The third-order valence-electron chi connectivity index (χ3n) is 4.19. The fourth-order valence-electron chi connectivity index (χ4n) is 3.32. The number of fused-ring (bicyclic) bond motifs is 2. The van der Waals surface area contributed by atoms with Crippen molar-refractivity contribution in [2.75, 3.05) is 31.3 Å². The molecule has 2 aliphatic heterocycles. The van der Waals surface area contributed by atoms with Gasteiger partial charge < -0.3 is 10.0 Å². The van der Waals surface area contributed by atoms with Crippen molar-refractivity contribution in [1.82, 2.24) is 4.90 Å². The fraction of sp³-hybridized carbons (Fsp3) is 0.429. The Labute approximate surface area is 110 Å². The quantitative estimate of drug-likeness (QED) is 0.848. The van der Waals surface area contributed by atoms with Gasteiger partial charge in [0.1, 0.15) is 0 Å². The number of benzene rings is 1. The number of anilines is 1. The summed E-state index contributed by atoms with van der Waals surface area (Å²) >= 11 is 1.86. The summed E-state index contributed by atoms with van der Waals surface area (Å²) in [5.41, 5.74) is 2.89. The van der Waals surface area contributed by atoms with Crippen molar-refractivity contribution in [2.45, 2.75) is 12.5 Å². The van der Waals surface area contributed by atoms with Crippen LogP contribution in [-0.4, -0.2) is 42.4 Å². The molecule has 1 unspecified atom stereocenters. The maximum atomic E-state index is 9.30. The Kier molecular flexibility index (Phi) is 2.37. The van der Waals surface area contributed by atoms with Crippen LogP contribution in [0.4, 0.5) is 5.69 Å². The molecule has 0 bridgehead atoms. The van der Waals surface area contributed by atoms with Gasteiger partial charge in [0.2, 0.25) is 0 Å². The first-order valence-electron chi connectivity index (χ1n) is 6.46. The summed E-state index contributed by atoms with van der Waals surface area (Å²) < 4.78 is 1.41. The number of hydrogen-bond donors (Lipinski definition) is 1.